The highest BCUT2D eigenvalue weighted by Crippen LogP contribution is 2.43. The van der Waals surface area contributed by atoms with Crippen molar-refractivity contribution >= 4 is 11.8 Å². The second-order valence-corrected chi connectivity index (χ2v) is 11.5. The summed E-state index contributed by atoms with van der Waals surface area (Å²) in [4.78, 5) is 28.4. The number of amides is 2. The Balaban J connectivity index is 1.38. The molecule has 3 aliphatic heterocycles. The maximum absolute atomic E-state index is 13.8. The zero-order chi connectivity index (χ0) is 23.9. The normalized spacial score (nSPS) is 42.5. The molecule has 8 heteroatoms. The molecule has 1 aliphatic carbocycles. The molecule has 0 bridgehead atoms. The number of hydrogen-bond donors (Lipinski definition) is 3. The quantitative estimate of drug-likeness (QED) is 0.593. The van der Waals surface area contributed by atoms with Gasteiger partial charge in [0.1, 0.15) is 0 Å². The molecule has 0 aromatic heterocycles. The van der Waals surface area contributed by atoms with E-state index in [4.69, 9.17) is 0 Å². The van der Waals surface area contributed by atoms with Crippen LogP contribution in [0.4, 0.5) is 8.78 Å². The maximum Gasteiger partial charge on any atom is 0.260 e. The van der Waals surface area contributed by atoms with Crippen LogP contribution in [-0.4, -0.2) is 66.9 Å². The highest BCUT2D eigenvalue weighted by Gasteiger charge is 2.47. The van der Waals surface area contributed by atoms with Crippen LogP contribution in [0.2, 0.25) is 0 Å². The summed E-state index contributed by atoms with van der Waals surface area (Å²) in [5, 5.41) is 9.63. The van der Waals surface area contributed by atoms with E-state index in [2.05, 4.69) is 29.8 Å². The van der Waals surface area contributed by atoms with Gasteiger partial charge in [-0.15, -0.1) is 0 Å². The van der Waals surface area contributed by atoms with Crippen LogP contribution in [-0.2, 0) is 9.59 Å². The molecule has 0 aromatic rings. The lowest BCUT2D eigenvalue weighted by Crippen LogP contribution is -2.60. The molecular formula is C25H42F2N4O2. The Morgan fingerprint density at radius 2 is 1.85 bits per heavy atom. The molecule has 188 valence electrons. The van der Waals surface area contributed by atoms with E-state index in [0.29, 0.717) is 36.9 Å². The van der Waals surface area contributed by atoms with Gasteiger partial charge in [0, 0.05) is 50.5 Å². The van der Waals surface area contributed by atoms with E-state index in [1.54, 1.807) is 0 Å². The molecule has 6 nitrogen and oxygen atoms in total. The van der Waals surface area contributed by atoms with Crippen LogP contribution >= 0.6 is 0 Å². The number of rotatable bonds is 4. The van der Waals surface area contributed by atoms with Crippen molar-refractivity contribution in [3.05, 3.63) is 0 Å². The molecule has 4 rings (SSSR count). The molecule has 0 spiro atoms. The minimum absolute atomic E-state index is 0.00297. The lowest BCUT2D eigenvalue weighted by molar-refractivity contribution is -0.148. The molecule has 4 aliphatic rings. The van der Waals surface area contributed by atoms with E-state index in [0.717, 1.165) is 45.6 Å². The van der Waals surface area contributed by atoms with Crippen LogP contribution in [0, 0.1) is 29.6 Å². The Bertz CT molecular complexity index is 730. The topological polar surface area (TPSA) is 73.5 Å². The van der Waals surface area contributed by atoms with E-state index in [1.807, 2.05) is 11.9 Å². The van der Waals surface area contributed by atoms with Crippen molar-refractivity contribution in [2.75, 3.05) is 20.1 Å². The number of nitrogens with zero attached hydrogens (tertiary/aromatic N) is 1. The fourth-order valence-corrected chi connectivity index (χ4v) is 6.96. The molecule has 4 fully saturated rings. The summed E-state index contributed by atoms with van der Waals surface area (Å²) in [6, 6.07) is -0.164. The van der Waals surface area contributed by atoms with Crippen molar-refractivity contribution in [3.63, 3.8) is 0 Å². The van der Waals surface area contributed by atoms with Gasteiger partial charge < -0.3 is 20.9 Å². The predicted molar refractivity (Wildman–Crippen MR) is 124 cm³/mol. The summed E-state index contributed by atoms with van der Waals surface area (Å²) < 4.78 is 27.6. The summed E-state index contributed by atoms with van der Waals surface area (Å²) in [6.45, 7) is 6.74. The number of alkyl halides is 2. The largest absolute Gasteiger partial charge is 0.353 e. The highest BCUT2D eigenvalue weighted by atomic mass is 19.3. The number of hydrogen-bond acceptors (Lipinski definition) is 4. The van der Waals surface area contributed by atoms with Crippen LogP contribution in [0.15, 0.2) is 0 Å². The number of halogens is 2. The van der Waals surface area contributed by atoms with Gasteiger partial charge in [-0.2, -0.15) is 0 Å². The zero-order valence-corrected chi connectivity index (χ0v) is 20.6. The number of carbonyl (C=O) groups is 2. The Kier molecular flexibility index (Phi) is 7.35. The average molecular weight is 469 g/mol. The average Bonchev–Trinajstić information content (AvgIpc) is 2.77. The van der Waals surface area contributed by atoms with Crippen molar-refractivity contribution in [1.29, 1.82) is 0 Å². The molecule has 9 unspecified atom stereocenters. The molecule has 33 heavy (non-hydrogen) atoms. The van der Waals surface area contributed by atoms with Crippen molar-refractivity contribution in [3.8, 4) is 0 Å². The molecule has 3 saturated heterocycles. The molecule has 9 atom stereocenters. The first-order valence-electron chi connectivity index (χ1n) is 13.0. The fourth-order valence-electron chi connectivity index (χ4n) is 6.96. The van der Waals surface area contributed by atoms with E-state index in [1.165, 1.54) is 0 Å². The Labute approximate surface area is 197 Å². The van der Waals surface area contributed by atoms with Gasteiger partial charge in [0.05, 0.1) is 6.04 Å². The first-order valence-corrected chi connectivity index (χ1v) is 13.0. The molecule has 1 saturated carbocycles. The van der Waals surface area contributed by atoms with Crippen molar-refractivity contribution in [1.82, 2.24) is 20.9 Å². The fraction of sp³-hybridized carbons (Fsp3) is 0.920. The lowest BCUT2D eigenvalue weighted by atomic mass is 9.65. The summed E-state index contributed by atoms with van der Waals surface area (Å²) >= 11 is 0. The molecule has 3 heterocycles. The van der Waals surface area contributed by atoms with Crippen molar-refractivity contribution in [2.45, 2.75) is 95.8 Å². The van der Waals surface area contributed by atoms with E-state index in [-0.39, 0.29) is 42.0 Å². The van der Waals surface area contributed by atoms with Gasteiger partial charge in [-0.1, -0.05) is 6.92 Å². The van der Waals surface area contributed by atoms with Crippen molar-refractivity contribution in [2.24, 2.45) is 29.6 Å². The predicted octanol–water partition coefficient (Wildman–Crippen LogP) is 2.78. The molecule has 0 radical (unpaired) electrons. The Morgan fingerprint density at radius 3 is 2.58 bits per heavy atom. The molecule has 2 amide bonds. The van der Waals surface area contributed by atoms with E-state index < -0.39 is 12.0 Å². The summed E-state index contributed by atoms with van der Waals surface area (Å²) in [6.07, 6.45) is 5.36. The number of nitrogens with one attached hydrogen (secondary N) is 3. The van der Waals surface area contributed by atoms with Gasteiger partial charge in [0.25, 0.3) is 5.92 Å². The zero-order valence-electron chi connectivity index (χ0n) is 20.6. The Morgan fingerprint density at radius 1 is 1.09 bits per heavy atom. The van der Waals surface area contributed by atoms with Gasteiger partial charge in [-0.05, 0) is 76.2 Å². The van der Waals surface area contributed by atoms with Gasteiger partial charge >= 0.3 is 0 Å². The third-order valence-electron chi connectivity index (χ3n) is 9.09. The molecular weight excluding hydrogens is 426 g/mol. The molecule has 3 N–H and O–H groups in total. The second kappa shape index (κ2) is 9.76. The van der Waals surface area contributed by atoms with Crippen molar-refractivity contribution < 1.29 is 18.4 Å². The SMILES string of the molecule is CC1CC2C(CN1)CC(C1CC(NC(=O)C3CCNC(C(C)(F)F)C3)CCC1C)C(=O)N2C. The first kappa shape index (κ1) is 24.8. The highest BCUT2D eigenvalue weighted by molar-refractivity contribution is 5.81. The smallest absolute Gasteiger partial charge is 0.260 e. The Hall–Kier alpha value is -1.28. The minimum Gasteiger partial charge on any atom is -0.353 e. The number of piperidine rings is 3. The third-order valence-corrected chi connectivity index (χ3v) is 9.09. The van der Waals surface area contributed by atoms with Gasteiger partial charge in [-0.25, -0.2) is 8.78 Å². The lowest BCUT2D eigenvalue weighted by Gasteiger charge is -2.50. The second-order valence-electron chi connectivity index (χ2n) is 11.5. The van der Waals surface area contributed by atoms with E-state index >= 15 is 0 Å². The summed E-state index contributed by atoms with van der Waals surface area (Å²) in [7, 11) is 1.97. The van der Waals surface area contributed by atoms with Crippen LogP contribution in [0.5, 0.6) is 0 Å². The monoisotopic (exact) mass is 468 g/mol. The van der Waals surface area contributed by atoms with Gasteiger partial charge in [0.2, 0.25) is 11.8 Å². The van der Waals surface area contributed by atoms with Crippen LogP contribution in [0.3, 0.4) is 0 Å². The van der Waals surface area contributed by atoms with Crippen LogP contribution < -0.4 is 16.0 Å². The summed E-state index contributed by atoms with van der Waals surface area (Å²) in [5.74, 6) is -1.86. The number of fused-ring (bicyclic) bond motifs is 1. The minimum atomic E-state index is -2.83. The van der Waals surface area contributed by atoms with Gasteiger partial charge in [0.15, 0.2) is 0 Å². The van der Waals surface area contributed by atoms with E-state index in [9.17, 15) is 18.4 Å². The molecule has 0 aromatic carbocycles. The van der Waals surface area contributed by atoms with Crippen LogP contribution in [0.25, 0.3) is 0 Å². The number of likely N-dealkylation sites (tertiary alicyclic amines) is 1. The van der Waals surface area contributed by atoms with Crippen LogP contribution in [0.1, 0.15) is 65.7 Å². The third kappa shape index (κ3) is 5.37. The maximum atomic E-state index is 13.8. The summed E-state index contributed by atoms with van der Waals surface area (Å²) in [5.41, 5.74) is 0. The first-order chi connectivity index (χ1) is 15.5. The van der Waals surface area contributed by atoms with Gasteiger partial charge in [-0.3, -0.25) is 9.59 Å². The number of carbonyl (C=O) groups excluding carboxylic acids is 2. The standard InChI is InChI=1S/C25H42F2N4O2/c1-14-5-6-18(30-23(32)16-7-8-28-22(11-16)25(3,26)27)12-19(14)20-10-17-13-29-15(2)9-21(17)31(4)24(20)33/h14-22,28-29H,5-13H2,1-4H3,(H,30,32).